The van der Waals surface area contributed by atoms with Crippen molar-refractivity contribution in [3.05, 3.63) is 23.3 Å². The van der Waals surface area contributed by atoms with Crippen molar-refractivity contribution in [1.82, 2.24) is 0 Å². The lowest BCUT2D eigenvalue weighted by Crippen LogP contribution is -2.72. The van der Waals surface area contributed by atoms with E-state index in [0.29, 0.717) is 30.3 Å². The lowest BCUT2D eigenvalue weighted by Gasteiger charge is -2.72. The lowest BCUT2D eigenvalue weighted by molar-refractivity contribution is -0.265. The van der Waals surface area contributed by atoms with Crippen LogP contribution in [0.25, 0.3) is 0 Å². The van der Waals surface area contributed by atoms with Crippen LogP contribution < -0.4 is 0 Å². The summed E-state index contributed by atoms with van der Waals surface area (Å²) in [5.41, 5.74) is -0.624. The van der Waals surface area contributed by atoms with Crippen molar-refractivity contribution >= 4 is 11.9 Å². The molecule has 0 bridgehead atoms. The number of hydrogen-bond acceptors (Lipinski definition) is 7. The van der Waals surface area contributed by atoms with Gasteiger partial charge in [-0.25, -0.2) is 4.79 Å². The predicted octanol–water partition coefficient (Wildman–Crippen LogP) is 6.14. The Morgan fingerprint density at radius 2 is 1.57 bits per heavy atom. The average molecular weight is 615 g/mol. The molecule has 0 aromatic rings. The molecule has 0 aliphatic heterocycles. The molecule has 11 atom stereocenters. The summed E-state index contributed by atoms with van der Waals surface area (Å²) in [6, 6.07) is 0. The van der Waals surface area contributed by atoms with Crippen molar-refractivity contribution < 1.29 is 34.4 Å². The molecule has 5 rings (SSSR count). The molecule has 7 heteroatoms. The molecule has 0 radical (unpaired) electrons. The van der Waals surface area contributed by atoms with Crippen molar-refractivity contribution in [3.8, 4) is 0 Å². The molecule has 4 saturated carbocycles. The molecule has 4 fully saturated rings. The number of aliphatic hydroxyl groups is 3. The van der Waals surface area contributed by atoms with E-state index in [2.05, 4.69) is 40.7 Å². The molecular weight excluding hydrogens is 556 g/mol. The predicted molar refractivity (Wildman–Crippen MR) is 169 cm³/mol. The Kier molecular flexibility index (Phi) is 8.16. The Morgan fingerprint density at radius 1 is 0.909 bits per heavy atom. The van der Waals surface area contributed by atoms with Crippen molar-refractivity contribution in [3.63, 3.8) is 0 Å². The largest absolute Gasteiger partial charge is 0.458 e. The van der Waals surface area contributed by atoms with Crippen LogP contribution in [-0.2, 0) is 19.1 Å². The van der Waals surface area contributed by atoms with Gasteiger partial charge >= 0.3 is 11.9 Å². The zero-order valence-corrected chi connectivity index (χ0v) is 28.8. The van der Waals surface area contributed by atoms with Gasteiger partial charge in [0.2, 0.25) is 0 Å². The van der Waals surface area contributed by atoms with Crippen LogP contribution in [0.15, 0.2) is 23.3 Å². The van der Waals surface area contributed by atoms with Gasteiger partial charge in [-0.2, -0.15) is 0 Å². The second-order valence-electron chi connectivity index (χ2n) is 17.2. The molecule has 0 heterocycles. The fourth-order valence-electron chi connectivity index (χ4n) is 11.7. The zero-order chi connectivity index (χ0) is 32.8. The minimum Gasteiger partial charge on any atom is -0.458 e. The number of esters is 2. The summed E-state index contributed by atoms with van der Waals surface area (Å²) in [5, 5.41) is 34.7. The number of hydrogen-bond donors (Lipinski definition) is 3. The first kappa shape index (κ1) is 33.7. The van der Waals surface area contributed by atoms with Crippen LogP contribution in [0.1, 0.15) is 114 Å². The van der Waals surface area contributed by atoms with E-state index < -0.39 is 41.1 Å². The molecule has 5 aliphatic carbocycles. The van der Waals surface area contributed by atoms with Gasteiger partial charge in [-0.3, -0.25) is 4.79 Å². The van der Waals surface area contributed by atoms with Gasteiger partial charge in [0.25, 0.3) is 0 Å². The maximum atomic E-state index is 13.1. The molecule has 0 amide bonds. The number of fused-ring (bicyclic) bond motifs is 7. The third-order valence-corrected chi connectivity index (χ3v) is 14.6. The maximum Gasteiger partial charge on any atom is 0.333 e. The minimum absolute atomic E-state index is 0.0628. The van der Waals surface area contributed by atoms with E-state index in [4.69, 9.17) is 9.47 Å². The van der Waals surface area contributed by atoms with E-state index in [9.17, 15) is 24.9 Å². The summed E-state index contributed by atoms with van der Waals surface area (Å²) in [5.74, 6) is -0.463. The summed E-state index contributed by atoms with van der Waals surface area (Å²) >= 11 is 0. The number of rotatable bonds is 4. The van der Waals surface area contributed by atoms with Gasteiger partial charge in [-0.15, -0.1) is 0 Å². The summed E-state index contributed by atoms with van der Waals surface area (Å²) in [6.45, 7) is 20.2. The monoisotopic (exact) mass is 614 g/mol. The van der Waals surface area contributed by atoms with E-state index >= 15 is 0 Å². The highest BCUT2D eigenvalue weighted by Crippen LogP contribution is 2.76. The number of aliphatic hydroxyl groups excluding tert-OH is 3. The molecule has 7 nitrogen and oxygen atoms in total. The van der Waals surface area contributed by atoms with Crippen LogP contribution in [0, 0.1) is 50.2 Å². The van der Waals surface area contributed by atoms with Gasteiger partial charge in [0.05, 0.1) is 24.2 Å². The second-order valence-corrected chi connectivity index (χ2v) is 17.2. The molecule has 3 N–H and O–H groups in total. The summed E-state index contributed by atoms with van der Waals surface area (Å²) < 4.78 is 12.2. The molecule has 248 valence electrons. The Bertz CT molecular complexity index is 1250. The van der Waals surface area contributed by atoms with Crippen LogP contribution in [0.3, 0.4) is 0 Å². The average Bonchev–Trinajstić information content (AvgIpc) is 2.92. The fraction of sp³-hybridized carbons (Fsp3) is 0.838. The Hall–Kier alpha value is -1.70. The van der Waals surface area contributed by atoms with Crippen LogP contribution in [0.5, 0.6) is 0 Å². The Morgan fingerprint density at radius 3 is 2.16 bits per heavy atom. The molecule has 44 heavy (non-hydrogen) atoms. The minimum atomic E-state index is -1.21. The first-order valence-corrected chi connectivity index (χ1v) is 17.0. The Balaban J connectivity index is 1.63. The van der Waals surface area contributed by atoms with Gasteiger partial charge in [0.1, 0.15) is 12.2 Å². The van der Waals surface area contributed by atoms with E-state index in [1.54, 1.807) is 19.9 Å². The highest BCUT2D eigenvalue weighted by molar-refractivity contribution is 5.87. The molecule has 0 aromatic heterocycles. The smallest absolute Gasteiger partial charge is 0.333 e. The SMILES string of the molecule is C/C=C(/C)C(=O)OC1C(OC(C)=O)[C@]2(CO)C(O)C[C@]3(C)C(=CC[C@@H]4[C@@]5(C)CCC(O)C(C)(C)[C@@H]5CC[C@]43C)[C@@H]2CC1(C)C. The fourth-order valence-corrected chi connectivity index (χ4v) is 11.7. The molecule has 5 aliphatic rings. The van der Waals surface area contributed by atoms with Gasteiger partial charge < -0.3 is 24.8 Å². The Labute approximate surface area is 264 Å². The first-order valence-electron chi connectivity index (χ1n) is 17.0. The van der Waals surface area contributed by atoms with Crippen LogP contribution >= 0.6 is 0 Å². The first-order chi connectivity index (χ1) is 20.3. The van der Waals surface area contributed by atoms with E-state index in [1.165, 1.54) is 12.5 Å². The summed E-state index contributed by atoms with van der Waals surface area (Å²) in [6.07, 6.45) is 6.76. The number of carbonyl (C=O) groups excluding carboxylic acids is 2. The number of carbonyl (C=O) groups is 2. The van der Waals surface area contributed by atoms with Crippen molar-refractivity contribution in [2.45, 2.75) is 139 Å². The highest BCUT2D eigenvalue weighted by Gasteiger charge is 2.73. The van der Waals surface area contributed by atoms with Gasteiger partial charge in [-0.1, -0.05) is 66.2 Å². The number of ether oxygens (including phenoxy) is 2. The molecular formula is C37H58O7. The van der Waals surface area contributed by atoms with Crippen molar-refractivity contribution in [2.24, 2.45) is 50.2 Å². The molecule has 0 aromatic carbocycles. The molecule has 4 unspecified atom stereocenters. The quantitative estimate of drug-likeness (QED) is 0.198. The van der Waals surface area contributed by atoms with Crippen LogP contribution in [0.4, 0.5) is 0 Å². The third-order valence-electron chi connectivity index (χ3n) is 14.6. The summed E-state index contributed by atoms with van der Waals surface area (Å²) in [7, 11) is 0. The van der Waals surface area contributed by atoms with Crippen molar-refractivity contribution in [1.29, 1.82) is 0 Å². The van der Waals surface area contributed by atoms with Crippen LogP contribution in [-0.4, -0.2) is 58.3 Å². The van der Waals surface area contributed by atoms with E-state index in [-0.39, 0.29) is 40.3 Å². The highest BCUT2D eigenvalue weighted by atomic mass is 16.6. The van der Waals surface area contributed by atoms with Crippen molar-refractivity contribution in [2.75, 3.05) is 6.61 Å². The van der Waals surface area contributed by atoms with Crippen LogP contribution in [0.2, 0.25) is 0 Å². The molecule has 0 saturated heterocycles. The third kappa shape index (κ3) is 4.37. The van der Waals surface area contributed by atoms with Gasteiger partial charge in [0.15, 0.2) is 0 Å². The topological polar surface area (TPSA) is 113 Å². The molecule has 0 spiro atoms. The second kappa shape index (κ2) is 10.7. The van der Waals surface area contributed by atoms with Gasteiger partial charge in [-0.05, 0) is 98.2 Å². The lowest BCUT2D eigenvalue weighted by atomic mass is 9.33. The van der Waals surface area contributed by atoms with E-state index in [0.717, 1.165) is 32.1 Å². The number of allylic oxidation sites excluding steroid dienone is 3. The van der Waals surface area contributed by atoms with E-state index in [1.807, 2.05) is 13.8 Å². The normalized spacial score (nSPS) is 47.6. The summed E-state index contributed by atoms with van der Waals surface area (Å²) in [4.78, 5) is 25.7. The zero-order valence-electron chi connectivity index (χ0n) is 28.8. The van der Waals surface area contributed by atoms with Gasteiger partial charge in [0, 0.05) is 17.9 Å². The maximum absolute atomic E-state index is 13.1. The standard InChI is InChI=1S/C37H58O7/c1-11-21(2)31(42)44-29-30(43-22(3)39)37(20-38)24(18-32(29,4)5)23-12-13-26-34(8)16-15-27(40)33(6,7)25(34)14-17-35(26,9)36(23,10)19-28(37)41/h11-12,24-30,38,40-41H,13-20H2,1-10H3/b21-11-/t24-,25-,26+,27?,28?,29?,30?,34-,35+,36+,37-/m0/s1.